The Morgan fingerprint density at radius 2 is 2.21 bits per heavy atom. The van der Waals surface area contributed by atoms with Crippen LogP contribution in [0, 0.1) is 6.92 Å². The summed E-state index contributed by atoms with van der Waals surface area (Å²) >= 11 is 0. The average molecular weight is 190 g/mol. The fraction of sp³-hybridized carbons (Fsp3) is 0.364. The summed E-state index contributed by atoms with van der Waals surface area (Å²) in [7, 11) is 1.93. The van der Waals surface area contributed by atoms with Gasteiger partial charge in [0, 0.05) is 24.7 Å². The van der Waals surface area contributed by atoms with Crippen molar-refractivity contribution in [3.8, 4) is 5.75 Å². The van der Waals surface area contributed by atoms with Crippen molar-refractivity contribution in [3.63, 3.8) is 0 Å². The van der Waals surface area contributed by atoms with Crippen LogP contribution >= 0.6 is 0 Å². The molecule has 3 heteroatoms. The molecule has 2 rings (SSSR count). The maximum Gasteiger partial charge on any atom is 0.124 e. The van der Waals surface area contributed by atoms with Crippen molar-refractivity contribution in [1.82, 2.24) is 9.78 Å². The van der Waals surface area contributed by atoms with Gasteiger partial charge in [0.05, 0.1) is 12.1 Å². The third-order valence-corrected chi connectivity index (χ3v) is 2.22. The Hall–Kier alpha value is -1.51. The number of rotatable bonds is 2. The number of hydrogen-bond acceptors (Lipinski definition) is 2. The molecule has 0 N–H and O–H groups in total. The first-order valence-corrected chi connectivity index (χ1v) is 4.77. The van der Waals surface area contributed by atoms with Gasteiger partial charge in [-0.05, 0) is 25.5 Å². The van der Waals surface area contributed by atoms with Crippen molar-refractivity contribution in [1.29, 1.82) is 0 Å². The van der Waals surface area contributed by atoms with Crippen LogP contribution < -0.4 is 4.74 Å². The Balaban J connectivity index is 2.58. The number of aromatic nitrogens is 2. The molecule has 0 bridgehead atoms. The monoisotopic (exact) mass is 190 g/mol. The van der Waals surface area contributed by atoms with Crippen LogP contribution in [0.4, 0.5) is 0 Å². The molecule has 0 aliphatic carbocycles. The molecule has 0 aliphatic heterocycles. The summed E-state index contributed by atoms with van der Waals surface area (Å²) in [4.78, 5) is 0. The van der Waals surface area contributed by atoms with Gasteiger partial charge in [-0.3, -0.25) is 4.68 Å². The van der Waals surface area contributed by atoms with Gasteiger partial charge in [-0.15, -0.1) is 0 Å². The molecule has 0 saturated carbocycles. The largest absolute Gasteiger partial charge is 0.494 e. The summed E-state index contributed by atoms with van der Waals surface area (Å²) in [6, 6.07) is 4.10. The lowest BCUT2D eigenvalue weighted by molar-refractivity contribution is 0.338. The number of benzene rings is 1. The van der Waals surface area contributed by atoms with Crippen LogP contribution in [0.2, 0.25) is 0 Å². The van der Waals surface area contributed by atoms with E-state index in [4.69, 9.17) is 4.74 Å². The normalized spacial score (nSPS) is 10.8. The van der Waals surface area contributed by atoms with E-state index in [9.17, 15) is 0 Å². The second-order valence-corrected chi connectivity index (χ2v) is 3.41. The molecular formula is C11H14N2O. The van der Waals surface area contributed by atoms with E-state index in [-0.39, 0.29) is 0 Å². The van der Waals surface area contributed by atoms with E-state index in [0.717, 1.165) is 22.2 Å². The minimum atomic E-state index is 0.694. The Kier molecular flexibility index (Phi) is 2.15. The van der Waals surface area contributed by atoms with Gasteiger partial charge in [0.15, 0.2) is 0 Å². The summed E-state index contributed by atoms with van der Waals surface area (Å²) in [6.45, 7) is 4.73. The molecular weight excluding hydrogens is 176 g/mol. The van der Waals surface area contributed by atoms with Gasteiger partial charge in [0.1, 0.15) is 5.75 Å². The van der Waals surface area contributed by atoms with Crippen LogP contribution in [0.25, 0.3) is 10.9 Å². The van der Waals surface area contributed by atoms with Crippen LogP contribution in [0.5, 0.6) is 5.75 Å². The highest BCUT2D eigenvalue weighted by Crippen LogP contribution is 2.24. The molecule has 2 aromatic rings. The Bertz CT molecular complexity index is 460. The lowest BCUT2D eigenvalue weighted by atomic mass is 10.1. The smallest absolute Gasteiger partial charge is 0.124 e. The lowest BCUT2D eigenvalue weighted by Crippen LogP contribution is -1.93. The molecule has 0 radical (unpaired) electrons. The zero-order chi connectivity index (χ0) is 10.1. The fourth-order valence-corrected chi connectivity index (χ4v) is 1.60. The number of nitrogens with zero attached hydrogens (tertiary/aromatic N) is 2. The number of aryl methyl sites for hydroxylation is 2. The van der Waals surface area contributed by atoms with Crippen LogP contribution in [0.3, 0.4) is 0 Å². The van der Waals surface area contributed by atoms with Crippen molar-refractivity contribution < 1.29 is 4.74 Å². The van der Waals surface area contributed by atoms with Gasteiger partial charge in [-0.1, -0.05) is 0 Å². The summed E-state index contributed by atoms with van der Waals surface area (Å²) < 4.78 is 7.32. The molecule has 0 amide bonds. The second kappa shape index (κ2) is 3.33. The molecule has 0 spiro atoms. The van der Waals surface area contributed by atoms with Gasteiger partial charge in [-0.25, -0.2) is 0 Å². The van der Waals surface area contributed by atoms with Crippen LogP contribution in [0.1, 0.15) is 12.5 Å². The third-order valence-electron chi connectivity index (χ3n) is 2.22. The first kappa shape index (κ1) is 9.06. The highest BCUT2D eigenvalue weighted by molar-refractivity contribution is 5.80. The molecule has 0 saturated heterocycles. The molecule has 0 atom stereocenters. The van der Waals surface area contributed by atoms with Crippen LogP contribution in [-0.2, 0) is 7.05 Å². The van der Waals surface area contributed by atoms with Gasteiger partial charge >= 0.3 is 0 Å². The maximum atomic E-state index is 5.50. The van der Waals surface area contributed by atoms with E-state index in [0.29, 0.717) is 6.61 Å². The summed E-state index contributed by atoms with van der Waals surface area (Å²) in [6.07, 6.45) is 2.01. The van der Waals surface area contributed by atoms with Crippen LogP contribution in [0.15, 0.2) is 18.3 Å². The maximum absolute atomic E-state index is 5.50. The topological polar surface area (TPSA) is 27.1 Å². The fourth-order valence-electron chi connectivity index (χ4n) is 1.60. The van der Waals surface area contributed by atoms with Gasteiger partial charge in [0.2, 0.25) is 0 Å². The summed E-state index contributed by atoms with van der Waals surface area (Å²) in [5, 5.41) is 5.49. The minimum Gasteiger partial charge on any atom is -0.494 e. The molecule has 0 aliphatic rings. The molecule has 0 unspecified atom stereocenters. The van der Waals surface area contributed by atoms with Crippen molar-refractivity contribution in [2.75, 3.05) is 6.61 Å². The molecule has 3 nitrogen and oxygen atoms in total. The van der Waals surface area contributed by atoms with Gasteiger partial charge in [0.25, 0.3) is 0 Å². The van der Waals surface area contributed by atoms with Crippen molar-refractivity contribution in [3.05, 3.63) is 23.9 Å². The molecule has 14 heavy (non-hydrogen) atoms. The van der Waals surface area contributed by atoms with E-state index < -0.39 is 0 Å². The minimum absolute atomic E-state index is 0.694. The van der Waals surface area contributed by atoms with E-state index in [2.05, 4.69) is 18.1 Å². The number of fused-ring (bicyclic) bond motifs is 1. The molecule has 1 aromatic carbocycles. The molecule has 1 heterocycles. The standard InChI is InChI=1S/C11H14N2O/c1-4-14-11-6-10-9(5-8(11)2)7-13(3)12-10/h5-7H,4H2,1-3H3. The van der Waals surface area contributed by atoms with Gasteiger partial charge in [-0.2, -0.15) is 5.10 Å². The second-order valence-electron chi connectivity index (χ2n) is 3.41. The Labute approximate surface area is 83.3 Å². The number of ether oxygens (including phenoxy) is 1. The van der Waals surface area contributed by atoms with Crippen molar-refractivity contribution in [2.24, 2.45) is 7.05 Å². The van der Waals surface area contributed by atoms with Gasteiger partial charge < -0.3 is 4.74 Å². The highest BCUT2D eigenvalue weighted by atomic mass is 16.5. The molecule has 1 aromatic heterocycles. The SMILES string of the molecule is CCOc1cc2nn(C)cc2cc1C. The zero-order valence-electron chi connectivity index (χ0n) is 8.74. The van der Waals surface area contributed by atoms with E-state index in [1.807, 2.05) is 30.9 Å². The molecule has 0 fully saturated rings. The van der Waals surface area contributed by atoms with Crippen molar-refractivity contribution in [2.45, 2.75) is 13.8 Å². The highest BCUT2D eigenvalue weighted by Gasteiger charge is 2.04. The zero-order valence-corrected chi connectivity index (χ0v) is 8.74. The Morgan fingerprint density at radius 3 is 2.93 bits per heavy atom. The predicted octanol–water partition coefficient (Wildman–Crippen LogP) is 2.28. The summed E-state index contributed by atoms with van der Waals surface area (Å²) in [5.74, 6) is 0.929. The quantitative estimate of drug-likeness (QED) is 0.726. The first-order valence-electron chi connectivity index (χ1n) is 4.77. The summed E-state index contributed by atoms with van der Waals surface area (Å²) in [5.41, 5.74) is 2.15. The van der Waals surface area contributed by atoms with E-state index >= 15 is 0 Å². The van der Waals surface area contributed by atoms with E-state index in [1.165, 1.54) is 0 Å². The first-order chi connectivity index (χ1) is 6.70. The van der Waals surface area contributed by atoms with Crippen LogP contribution in [-0.4, -0.2) is 16.4 Å². The van der Waals surface area contributed by atoms with E-state index in [1.54, 1.807) is 0 Å². The number of hydrogen-bond donors (Lipinski definition) is 0. The lowest BCUT2D eigenvalue weighted by Gasteiger charge is -2.05. The predicted molar refractivity (Wildman–Crippen MR) is 56.6 cm³/mol. The third kappa shape index (κ3) is 1.45. The molecule has 74 valence electrons. The Morgan fingerprint density at radius 1 is 1.43 bits per heavy atom. The van der Waals surface area contributed by atoms with Crippen molar-refractivity contribution >= 4 is 10.9 Å². The average Bonchev–Trinajstić information content (AvgIpc) is 2.45.